The molecule has 0 aromatic rings. The summed E-state index contributed by atoms with van der Waals surface area (Å²) in [5, 5.41) is 26.8. The molecular formula is C38H64N4O15S3. The highest BCUT2D eigenvalue weighted by molar-refractivity contribution is 7.99. The Morgan fingerprint density at radius 3 is 1.53 bits per heavy atom. The third kappa shape index (κ3) is 32.5. The summed E-state index contributed by atoms with van der Waals surface area (Å²) in [6.45, 7) is 1.09. The molecule has 19 nitrogen and oxygen atoms in total. The second kappa shape index (κ2) is 37.5. The molecule has 0 spiro atoms. The largest absolute Gasteiger partial charge is 0.481 e. The van der Waals surface area contributed by atoms with Gasteiger partial charge in [-0.1, -0.05) is 0 Å². The number of nitrogens with zero attached hydrogens (tertiary/aromatic N) is 1. The van der Waals surface area contributed by atoms with Crippen molar-refractivity contribution in [2.45, 2.75) is 51.4 Å². The molecule has 1 unspecified atom stereocenters. The zero-order valence-corrected chi connectivity index (χ0v) is 37.4. The third-order valence-corrected chi connectivity index (χ3v) is 9.95. The Labute approximate surface area is 365 Å². The molecule has 0 aliphatic carbocycles. The molecule has 0 radical (unpaired) electrons. The van der Waals surface area contributed by atoms with Crippen LogP contribution in [0, 0.1) is 11.8 Å². The van der Waals surface area contributed by atoms with Gasteiger partial charge in [0.15, 0.2) is 11.6 Å². The Balaban J connectivity index is 4.57. The van der Waals surface area contributed by atoms with Crippen LogP contribution in [-0.4, -0.2) is 190 Å². The molecule has 4 amide bonds. The average Bonchev–Trinajstić information content (AvgIpc) is 3.19. The Kier molecular flexibility index (Phi) is 35.4. The normalized spacial score (nSPS) is 11.9. The second-order valence-electron chi connectivity index (χ2n) is 13.3. The van der Waals surface area contributed by atoms with Gasteiger partial charge < -0.3 is 50.0 Å². The lowest BCUT2D eigenvalue weighted by atomic mass is 9.95. The minimum Gasteiger partial charge on any atom is -0.481 e. The van der Waals surface area contributed by atoms with E-state index in [-0.39, 0.29) is 147 Å². The lowest BCUT2D eigenvalue weighted by Crippen LogP contribution is -2.43. The van der Waals surface area contributed by atoms with Crippen molar-refractivity contribution in [1.82, 2.24) is 20.9 Å². The van der Waals surface area contributed by atoms with E-state index in [1.165, 1.54) is 40.2 Å². The highest BCUT2D eigenvalue weighted by Gasteiger charge is 2.28. The van der Waals surface area contributed by atoms with Gasteiger partial charge in [0.1, 0.15) is 19.0 Å². The van der Waals surface area contributed by atoms with Crippen LogP contribution in [0.15, 0.2) is 0 Å². The summed E-state index contributed by atoms with van der Waals surface area (Å²) in [6.07, 6.45) is 4.88. The number of carboxylic acids is 2. The maximum absolute atomic E-state index is 13.6. The van der Waals surface area contributed by atoms with E-state index in [1.807, 2.05) is 12.5 Å². The third-order valence-electron chi connectivity index (χ3n) is 8.24. The van der Waals surface area contributed by atoms with Crippen molar-refractivity contribution in [2.24, 2.45) is 11.8 Å². The first-order valence-corrected chi connectivity index (χ1v) is 23.8. The fourth-order valence-corrected chi connectivity index (χ4v) is 6.50. The van der Waals surface area contributed by atoms with Gasteiger partial charge in [0, 0.05) is 70.7 Å². The van der Waals surface area contributed by atoms with Crippen LogP contribution >= 0.6 is 35.3 Å². The van der Waals surface area contributed by atoms with Gasteiger partial charge >= 0.3 is 11.9 Å². The number of nitrogens with one attached hydrogen (secondary N) is 3. The van der Waals surface area contributed by atoms with E-state index >= 15 is 0 Å². The summed E-state index contributed by atoms with van der Waals surface area (Å²) >= 11 is 4.15. The summed E-state index contributed by atoms with van der Waals surface area (Å²) < 4.78 is 21.4. The van der Waals surface area contributed by atoms with Crippen LogP contribution in [0.3, 0.4) is 0 Å². The van der Waals surface area contributed by atoms with Crippen molar-refractivity contribution in [1.29, 1.82) is 0 Å². The van der Waals surface area contributed by atoms with Gasteiger partial charge in [0.05, 0.1) is 62.8 Å². The number of carbonyl (C=O) groups excluding carboxylic acids is 7. The number of carboxylic acid groups (broad SMARTS) is 2. The minimum atomic E-state index is -1.20. The van der Waals surface area contributed by atoms with E-state index in [0.29, 0.717) is 24.5 Å². The van der Waals surface area contributed by atoms with Crippen LogP contribution in [0.1, 0.15) is 51.4 Å². The van der Waals surface area contributed by atoms with E-state index in [0.717, 1.165) is 0 Å². The number of hydrogen-bond donors (Lipinski definition) is 5. The first-order chi connectivity index (χ1) is 28.7. The van der Waals surface area contributed by atoms with E-state index in [2.05, 4.69) is 16.0 Å². The SMILES string of the molecule is CSCC(=O)CCCN(CCNC(=O)CSC)C(=O)[C@@H](CCC(=O)O)CC(=O)COCCOCCNC(=O)CCC(CC(=O)COCCOCCNC(=O)CSC)C(=O)O. The zero-order chi connectivity index (χ0) is 45.0. The molecule has 2 atom stereocenters. The summed E-state index contributed by atoms with van der Waals surface area (Å²) in [5.41, 5.74) is 0. The fourth-order valence-electron chi connectivity index (χ4n) is 5.31. The topological polar surface area (TPSA) is 270 Å². The first-order valence-electron chi connectivity index (χ1n) is 19.6. The molecule has 344 valence electrons. The maximum Gasteiger partial charge on any atom is 0.306 e. The standard InChI is InChI=1S/C38H64N4O15S3/c1-58-25-30(43)5-4-13-42(14-10-39-34(47)26-59-2)37(51)28(7-9-36(49)50)21-31(44)23-56-19-17-54-15-11-40-33(46)8-6-29(38(52)53)22-32(45)24-57-20-18-55-16-12-41-35(48)27-60-3/h28-29H,4-27H2,1-3H3,(H,39,47)(H,40,46)(H,41,48)(H,49,50)(H,52,53)/t28-,29?/m0/s1. The molecular weight excluding hydrogens is 849 g/mol. The quantitative estimate of drug-likeness (QED) is 0.0524. The highest BCUT2D eigenvalue weighted by Crippen LogP contribution is 2.17. The number of rotatable bonds is 41. The van der Waals surface area contributed by atoms with Crippen molar-refractivity contribution in [3.05, 3.63) is 0 Å². The molecule has 0 aliphatic rings. The smallest absolute Gasteiger partial charge is 0.306 e. The number of aliphatic carboxylic acids is 2. The van der Waals surface area contributed by atoms with Crippen LogP contribution in [0.4, 0.5) is 0 Å². The van der Waals surface area contributed by atoms with Crippen molar-refractivity contribution in [3.63, 3.8) is 0 Å². The van der Waals surface area contributed by atoms with Gasteiger partial charge in [-0.25, -0.2) is 0 Å². The van der Waals surface area contributed by atoms with E-state index in [9.17, 15) is 53.4 Å². The number of carbonyl (C=O) groups is 9. The van der Waals surface area contributed by atoms with Gasteiger partial charge in [-0.3, -0.25) is 43.2 Å². The van der Waals surface area contributed by atoms with Gasteiger partial charge in [-0.2, -0.15) is 35.3 Å². The molecule has 0 fully saturated rings. The van der Waals surface area contributed by atoms with E-state index in [1.54, 1.807) is 6.26 Å². The van der Waals surface area contributed by atoms with Crippen LogP contribution in [0.2, 0.25) is 0 Å². The van der Waals surface area contributed by atoms with Crippen LogP contribution in [-0.2, 0) is 62.1 Å². The first kappa shape index (κ1) is 56.7. The molecule has 0 saturated heterocycles. The lowest BCUT2D eigenvalue weighted by Gasteiger charge is -2.27. The van der Waals surface area contributed by atoms with Crippen molar-refractivity contribution >= 4 is 88.2 Å². The maximum atomic E-state index is 13.6. The second-order valence-corrected chi connectivity index (χ2v) is 15.9. The molecule has 0 saturated carbocycles. The van der Waals surface area contributed by atoms with E-state index in [4.69, 9.17) is 18.9 Å². The molecule has 0 aromatic carbocycles. The van der Waals surface area contributed by atoms with Gasteiger partial charge in [-0.15, -0.1) is 0 Å². The summed E-state index contributed by atoms with van der Waals surface area (Å²) in [6, 6.07) is 0. The Morgan fingerprint density at radius 1 is 0.533 bits per heavy atom. The van der Waals surface area contributed by atoms with Crippen molar-refractivity contribution in [2.75, 3.05) is 122 Å². The Bertz CT molecular complexity index is 1300. The Morgan fingerprint density at radius 2 is 1.02 bits per heavy atom. The number of amides is 4. The molecule has 0 aliphatic heterocycles. The number of ether oxygens (including phenoxy) is 4. The van der Waals surface area contributed by atoms with Gasteiger partial charge in [0.2, 0.25) is 23.6 Å². The van der Waals surface area contributed by atoms with Crippen molar-refractivity contribution < 1.29 is 72.3 Å². The molecule has 5 N–H and O–H groups in total. The lowest BCUT2D eigenvalue weighted by molar-refractivity contribution is -0.145. The van der Waals surface area contributed by atoms with Crippen molar-refractivity contribution in [3.8, 4) is 0 Å². The zero-order valence-electron chi connectivity index (χ0n) is 35.0. The van der Waals surface area contributed by atoms with E-state index < -0.39 is 47.2 Å². The van der Waals surface area contributed by atoms with Crippen LogP contribution < -0.4 is 16.0 Å². The number of Topliss-reactive ketones (excluding diaryl/α,β-unsaturated/α-hetero) is 3. The summed E-state index contributed by atoms with van der Waals surface area (Å²) in [5.74, 6) is -5.35. The van der Waals surface area contributed by atoms with Gasteiger partial charge in [-0.05, 0) is 38.0 Å². The van der Waals surface area contributed by atoms with Crippen LogP contribution in [0.25, 0.3) is 0 Å². The molecule has 0 rings (SSSR count). The highest BCUT2D eigenvalue weighted by atomic mass is 32.2. The molecule has 0 aromatic heterocycles. The predicted octanol–water partition coefficient (Wildman–Crippen LogP) is 0.549. The molecule has 22 heteroatoms. The summed E-state index contributed by atoms with van der Waals surface area (Å²) in [4.78, 5) is 111. The monoisotopic (exact) mass is 912 g/mol. The molecule has 60 heavy (non-hydrogen) atoms. The Hall–Kier alpha value is -3.28. The predicted molar refractivity (Wildman–Crippen MR) is 228 cm³/mol. The number of thioether (sulfide) groups is 3. The molecule has 0 bridgehead atoms. The van der Waals surface area contributed by atoms with Gasteiger partial charge in [0.25, 0.3) is 0 Å². The number of hydrogen-bond acceptors (Lipinski definition) is 16. The summed E-state index contributed by atoms with van der Waals surface area (Å²) in [7, 11) is 0. The molecule has 0 heterocycles. The minimum absolute atomic E-state index is 0.0164. The van der Waals surface area contributed by atoms with Crippen LogP contribution in [0.5, 0.6) is 0 Å². The number of ketones is 3. The average molecular weight is 913 g/mol. The fraction of sp³-hybridized carbons (Fsp3) is 0.763.